The van der Waals surface area contributed by atoms with Crippen molar-refractivity contribution in [2.75, 3.05) is 25.8 Å². The summed E-state index contributed by atoms with van der Waals surface area (Å²) in [6.45, 7) is 0. The number of nitrogens with zero attached hydrogens (tertiary/aromatic N) is 3. The van der Waals surface area contributed by atoms with Crippen molar-refractivity contribution in [1.82, 2.24) is 14.9 Å². The minimum Gasteiger partial charge on any atom is -0.493 e. The van der Waals surface area contributed by atoms with E-state index in [1.807, 2.05) is 0 Å². The van der Waals surface area contributed by atoms with Crippen LogP contribution in [-0.2, 0) is 4.79 Å². The number of carbonyl (C=O) groups is 1. The molecule has 2 aromatic rings. The van der Waals surface area contributed by atoms with Gasteiger partial charge in [0, 0.05) is 0 Å². The number of aromatic nitrogens is 3. The van der Waals surface area contributed by atoms with Crippen LogP contribution >= 0.6 is 11.8 Å². The molecule has 1 heterocycles. The molecule has 0 radical (unpaired) electrons. The Morgan fingerprint density at radius 2 is 2.14 bits per heavy atom. The fraction of sp³-hybridized carbons (Fsp3) is 0.250. The zero-order valence-corrected chi connectivity index (χ0v) is 12.3. The van der Waals surface area contributed by atoms with Gasteiger partial charge in [-0.2, -0.15) is 0 Å². The van der Waals surface area contributed by atoms with E-state index >= 15 is 0 Å². The Bertz CT molecular complexity index is 659. The molecule has 0 aliphatic heterocycles. The zero-order valence-electron chi connectivity index (χ0n) is 11.4. The average molecular weight is 310 g/mol. The Labute approximate surface area is 124 Å². The highest BCUT2D eigenvalue weighted by Gasteiger charge is 2.19. The molecule has 0 saturated carbocycles. The summed E-state index contributed by atoms with van der Waals surface area (Å²) in [5, 5.41) is 16.9. The normalized spacial score (nSPS) is 10.4. The van der Waals surface area contributed by atoms with Crippen LogP contribution in [0.4, 0.5) is 0 Å². The number of nitrogen functional groups attached to an aromatic ring is 1. The van der Waals surface area contributed by atoms with Gasteiger partial charge in [0.2, 0.25) is 5.16 Å². The third-order valence-electron chi connectivity index (χ3n) is 2.63. The molecule has 2 rings (SSSR count). The van der Waals surface area contributed by atoms with Crippen LogP contribution in [0.1, 0.15) is 0 Å². The van der Waals surface area contributed by atoms with Gasteiger partial charge in [0.25, 0.3) is 0 Å². The SMILES string of the molecule is COc1cccc(-c2nnc(SCC(=O)O)n2N)c1OC. The number of methoxy groups -OCH3 is 2. The Hall–Kier alpha value is -2.42. The number of carboxylic acid groups (broad SMARTS) is 1. The van der Waals surface area contributed by atoms with Crippen LogP contribution in [-0.4, -0.2) is 45.9 Å². The highest BCUT2D eigenvalue weighted by Crippen LogP contribution is 2.37. The maximum atomic E-state index is 10.6. The molecule has 0 unspecified atom stereocenters. The predicted molar refractivity (Wildman–Crippen MR) is 77.1 cm³/mol. The lowest BCUT2D eigenvalue weighted by Gasteiger charge is -2.11. The summed E-state index contributed by atoms with van der Waals surface area (Å²) in [5.41, 5.74) is 0.606. The Balaban J connectivity index is 2.41. The van der Waals surface area contributed by atoms with Gasteiger partial charge in [-0.15, -0.1) is 10.2 Å². The van der Waals surface area contributed by atoms with Crippen molar-refractivity contribution in [2.24, 2.45) is 0 Å². The number of para-hydroxylation sites is 1. The molecule has 1 aromatic carbocycles. The number of benzene rings is 1. The van der Waals surface area contributed by atoms with Gasteiger partial charge in [0.05, 0.1) is 25.5 Å². The van der Waals surface area contributed by atoms with E-state index in [4.69, 9.17) is 20.4 Å². The molecule has 0 fully saturated rings. The van der Waals surface area contributed by atoms with E-state index < -0.39 is 5.97 Å². The summed E-state index contributed by atoms with van der Waals surface area (Å²) >= 11 is 0.987. The molecule has 1 aromatic heterocycles. The maximum absolute atomic E-state index is 10.6. The first-order valence-electron chi connectivity index (χ1n) is 5.85. The summed E-state index contributed by atoms with van der Waals surface area (Å²) < 4.78 is 11.8. The number of carboxylic acids is 1. The van der Waals surface area contributed by atoms with E-state index in [0.717, 1.165) is 11.8 Å². The summed E-state index contributed by atoms with van der Waals surface area (Å²) in [6, 6.07) is 5.29. The lowest BCUT2D eigenvalue weighted by atomic mass is 10.1. The highest BCUT2D eigenvalue weighted by molar-refractivity contribution is 7.99. The number of hydrogen-bond donors (Lipinski definition) is 2. The second-order valence-electron chi connectivity index (χ2n) is 3.90. The molecule has 0 atom stereocenters. The summed E-state index contributed by atoms with van der Waals surface area (Å²) in [5.74, 6) is 6.19. The third-order valence-corrected chi connectivity index (χ3v) is 3.56. The quantitative estimate of drug-likeness (QED) is 0.596. The topological polar surface area (TPSA) is 112 Å². The van der Waals surface area contributed by atoms with Crippen molar-refractivity contribution in [2.45, 2.75) is 5.16 Å². The molecule has 0 bridgehead atoms. The molecule has 0 aliphatic carbocycles. The summed E-state index contributed by atoms with van der Waals surface area (Å²) in [4.78, 5) is 10.6. The van der Waals surface area contributed by atoms with Gasteiger partial charge in [-0.1, -0.05) is 17.8 Å². The van der Waals surface area contributed by atoms with E-state index in [0.29, 0.717) is 28.0 Å². The van der Waals surface area contributed by atoms with E-state index in [1.165, 1.54) is 18.9 Å². The van der Waals surface area contributed by atoms with E-state index in [2.05, 4.69) is 10.2 Å². The molecule has 112 valence electrons. The molecular weight excluding hydrogens is 296 g/mol. The summed E-state index contributed by atoms with van der Waals surface area (Å²) in [7, 11) is 3.04. The number of ether oxygens (including phenoxy) is 2. The number of nitrogens with two attached hydrogens (primary N) is 1. The molecule has 21 heavy (non-hydrogen) atoms. The minimum atomic E-state index is -0.955. The molecular formula is C12H14N4O4S. The average Bonchev–Trinajstić information content (AvgIpc) is 2.85. The fourth-order valence-electron chi connectivity index (χ4n) is 1.75. The molecule has 3 N–H and O–H groups in total. The number of rotatable bonds is 6. The largest absolute Gasteiger partial charge is 0.493 e. The van der Waals surface area contributed by atoms with Crippen LogP contribution in [0.3, 0.4) is 0 Å². The number of thioether (sulfide) groups is 1. The van der Waals surface area contributed by atoms with Crippen molar-refractivity contribution in [3.63, 3.8) is 0 Å². The van der Waals surface area contributed by atoms with E-state index in [1.54, 1.807) is 18.2 Å². The second kappa shape index (κ2) is 6.35. The Morgan fingerprint density at radius 3 is 2.76 bits per heavy atom. The van der Waals surface area contributed by atoms with Crippen LogP contribution in [0.2, 0.25) is 0 Å². The van der Waals surface area contributed by atoms with Crippen LogP contribution in [0, 0.1) is 0 Å². The minimum absolute atomic E-state index is 0.148. The smallest absolute Gasteiger partial charge is 0.313 e. The Morgan fingerprint density at radius 1 is 1.38 bits per heavy atom. The van der Waals surface area contributed by atoms with Crippen LogP contribution in [0.25, 0.3) is 11.4 Å². The van der Waals surface area contributed by atoms with Crippen molar-refractivity contribution < 1.29 is 19.4 Å². The van der Waals surface area contributed by atoms with Gasteiger partial charge in [0.1, 0.15) is 0 Å². The van der Waals surface area contributed by atoms with Gasteiger partial charge >= 0.3 is 5.97 Å². The second-order valence-corrected chi connectivity index (χ2v) is 4.84. The number of hydrogen-bond acceptors (Lipinski definition) is 7. The first-order chi connectivity index (χ1) is 10.1. The van der Waals surface area contributed by atoms with Crippen molar-refractivity contribution in [1.29, 1.82) is 0 Å². The summed E-state index contributed by atoms with van der Waals surface area (Å²) in [6.07, 6.45) is 0. The zero-order chi connectivity index (χ0) is 15.4. The molecule has 9 heteroatoms. The molecule has 0 spiro atoms. The van der Waals surface area contributed by atoms with Gasteiger partial charge in [-0.3, -0.25) is 4.79 Å². The van der Waals surface area contributed by atoms with Crippen molar-refractivity contribution >= 4 is 17.7 Å². The Kier molecular flexibility index (Phi) is 4.53. The van der Waals surface area contributed by atoms with Gasteiger partial charge < -0.3 is 20.4 Å². The van der Waals surface area contributed by atoms with Gasteiger partial charge in [-0.05, 0) is 12.1 Å². The first-order valence-corrected chi connectivity index (χ1v) is 6.83. The predicted octanol–water partition coefficient (Wildman–Crippen LogP) is 0.853. The lowest BCUT2D eigenvalue weighted by molar-refractivity contribution is -0.133. The monoisotopic (exact) mass is 310 g/mol. The third kappa shape index (κ3) is 3.02. The maximum Gasteiger partial charge on any atom is 0.313 e. The molecule has 0 aliphatic rings. The lowest BCUT2D eigenvalue weighted by Crippen LogP contribution is -2.13. The van der Waals surface area contributed by atoms with E-state index in [9.17, 15) is 4.79 Å². The molecule has 8 nitrogen and oxygen atoms in total. The first kappa shape index (κ1) is 15.0. The highest BCUT2D eigenvalue weighted by atomic mass is 32.2. The molecule has 0 saturated heterocycles. The van der Waals surface area contributed by atoms with Crippen LogP contribution in [0.5, 0.6) is 11.5 Å². The molecule has 0 amide bonds. The van der Waals surface area contributed by atoms with Gasteiger partial charge in [0.15, 0.2) is 17.3 Å². The van der Waals surface area contributed by atoms with Crippen molar-refractivity contribution in [3.8, 4) is 22.9 Å². The van der Waals surface area contributed by atoms with Gasteiger partial charge in [-0.25, -0.2) is 4.68 Å². The van der Waals surface area contributed by atoms with E-state index in [-0.39, 0.29) is 5.75 Å². The van der Waals surface area contributed by atoms with Crippen LogP contribution < -0.4 is 15.3 Å². The van der Waals surface area contributed by atoms with Crippen LogP contribution in [0.15, 0.2) is 23.4 Å². The number of aliphatic carboxylic acids is 1. The van der Waals surface area contributed by atoms with Crippen molar-refractivity contribution in [3.05, 3.63) is 18.2 Å². The fourth-order valence-corrected chi connectivity index (χ4v) is 2.33. The standard InChI is InChI=1S/C12H14N4O4S/c1-19-8-5-3-4-7(10(8)20-2)11-14-15-12(16(11)13)21-6-9(17)18/h3-5H,6,13H2,1-2H3,(H,17,18).